The topological polar surface area (TPSA) is 125 Å². The van der Waals surface area contributed by atoms with Crippen molar-refractivity contribution in [1.29, 1.82) is 0 Å². The molecule has 10 nitrogen and oxygen atoms in total. The molecule has 47 heavy (non-hydrogen) atoms. The summed E-state index contributed by atoms with van der Waals surface area (Å²) in [6.45, 7) is 0.813. The number of aliphatic hydroxyl groups is 1. The molecule has 0 aliphatic carbocycles. The van der Waals surface area contributed by atoms with Crippen LogP contribution in [0, 0.1) is 11.8 Å². The van der Waals surface area contributed by atoms with Gasteiger partial charge in [0.1, 0.15) is 24.4 Å². The first-order valence-corrected chi connectivity index (χ1v) is 17.1. The van der Waals surface area contributed by atoms with Crippen LogP contribution in [-0.4, -0.2) is 82.6 Å². The van der Waals surface area contributed by atoms with Gasteiger partial charge in [-0.25, -0.2) is 0 Å². The predicted octanol–water partition coefficient (Wildman–Crippen LogP) is 3.80. The molecular weight excluding hydrogens is 666 g/mol. The summed E-state index contributed by atoms with van der Waals surface area (Å²) in [5, 5.41) is 12.4. The van der Waals surface area contributed by atoms with Crippen molar-refractivity contribution in [3.8, 4) is 0 Å². The summed E-state index contributed by atoms with van der Waals surface area (Å²) in [7, 11) is 0. The number of fused-ring (bicyclic) bond motifs is 2. The first-order chi connectivity index (χ1) is 22.8. The number of unbranched alkanes of at least 4 members (excludes halogenated alkanes) is 2. The van der Waals surface area contributed by atoms with Gasteiger partial charge in [0.05, 0.1) is 17.9 Å². The minimum Gasteiger partial charge on any atom is -0.463 e. The summed E-state index contributed by atoms with van der Waals surface area (Å²) in [6, 6.07) is 17.2. The summed E-state index contributed by atoms with van der Waals surface area (Å²) >= 11 is 3.62. The third-order valence-corrected chi connectivity index (χ3v) is 10.2. The van der Waals surface area contributed by atoms with Crippen molar-refractivity contribution in [2.24, 2.45) is 11.8 Å². The van der Waals surface area contributed by atoms with Gasteiger partial charge in [0.15, 0.2) is 0 Å². The number of cyclic esters (lactones) is 1. The highest BCUT2D eigenvalue weighted by atomic mass is 79.9. The van der Waals surface area contributed by atoms with Crippen LogP contribution < -0.4 is 5.32 Å². The molecular formula is C36H40BrN3O7. The standard InChI is InChI=1S/C36H40BrN3O7/c37-26-21-36-30-29(31(26)47-36)33(43)38-27(25-15-7-2-8-16-25)23-46-28(42)17-9-3-10-18-39(22-24-13-5-1-6-14-24)35(45)32(36)40(34(30)44)19-11-4-12-20-41/h1-3,5-8,10,13-16,21,27,29-32,41H,4,9,11-12,17-20,22-23H2,(H,38,43)/b10-3-/t27-,29-,30+,31-,32-,36+/m1/s1. The lowest BCUT2D eigenvalue weighted by Gasteiger charge is -2.36. The van der Waals surface area contributed by atoms with Crippen molar-refractivity contribution in [3.63, 3.8) is 0 Å². The zero-order valence-electron chi connectivity index (χ0n) is 26.1. The quantitative estimate of drug-likeness (QED) is 0.243. The molecule has 0 saturated carbocycles. The average Bonchev–Trinajstić information content (AvgIpc) is 3.67. The maximum absolute atomic E-state index is 14.8. The van der Waals surface area contributed by atoms with Gasteiger partial charge >= 0.3 is 5.97 Å². The lowest BCUT2D eigenvalue weighted by molar-refractivity contribution is -0.148. The van der Waals surface area contributed by atoms with E-state index in [9.17, 15) is 24.3 Å². The van der Waals surface area contributed by atoms with E-state index in [2.05, 4.69) is 21.2 Å². The molecule has 2 aromatic rings. The average molecular weight is 707 g/mol. The number of carbonyl (C=O) groups is 4. The number of nitrogens with zero attached hydrogens (tertiary/aromatic N) is 2. The van der Waals surface area contributed by atoms with E-state index < -0.39 is 47.5 Å². The molecule has 3 amide bonds. The third kappa shape index (κ3) is 6.66. The Kier molecular flexibility index (Phi) is 10.2. The smallest absolute Gasteiger partial charge is 0.306 e. The fourth-order valence-corrected chi connectivity index (χ4v) is 7.99. The molecule has 2 fully saturated rings. The third-order valence-electron chi connectivity index (χ3n) is 9.48. The molecule has 4 aliphatic rings. The van der Waals surface area contributed by atoms with Gasteiger partial charge in [0.25, 0.3) is 0 Å². The fourth-order valence-electron chi connectivity index (χ4n) is 7.26. The Labute approximate surface area is 282 Å². The molecule has 0 aromatic heterocycles. The van der Waals surface area contributed by atoms with E-state index in [1.807, 2.05) is 78.9 Å². The number of benzene rings is 2. The van der Waals surface area contributed by atoms with E-state index in [0.29, 0.717) is 43.3 Å². The normalized spacial score (nSPS) is 30.2. The van der Waals surface area contributed by atoms with E-state index >= 15 is 0 Å². The van der Waals surface area contributed by atoms with Crippen LogP contribution in [0.15, 0.2) is 83.4 Å². The van der Waals surface area contributed by atoms with Gasteiger partial charge in [0.2, 0.25) is 17.7 Å². The van der Waals surface area contributed by atoms with E-state index in [-0.39, 0.29) is 38.0 Å². The van der Waals surface area contributed by atoms with E-state index in [0.717, 1.165) is 11.1 Å². The molecule has 2 N–H and O–H groups in total. The molecule has 248 valence electrons. The molecule has 5 bridgehead atoms. The number of aliphatic hydroxyl groups excluding tert-OH is 1. The molecule has 1 spiro atoms. The maximum atomic E-state index is 14.8. The Bertz CT molecular complexity index is 1530. The number of likely N-dealkylation sites (tertiary alicyclic amines) is 1. The zero-order valence-corrected chi connectivity index (χ0v) is 27.7. The Morgan fingerprint density at radius 1 is 0.936 bits per heavy atom. The van der Waals surface area contributed by atoms with Gasteiger partial charge in [0, 0.05) is 37.1 Å². The highest BCUT2D eigenvalue weighted by molar-refractivity contribution is 9.11. The second-order valence-corrected chi connectivity index (χ2v) is 13.4. The predicted molar refractivity (Wildman–Crippen MR) is 177 cm³/mol. The number of rotatable bonds is 8. The van der Waals surface area contributed by atoms with Crippen LogP contribution in [0.2, 0.25) is 0 Å². The minimum atomic E-state index is -1.35. The maximum Gasteiger partial charge on any atom is 0.306 e. The monoisotopic (exact) mass is 705 g/mol. The molecule has 2 saturated heterocycles. The van der Waals surface area contributed by atoms with Crippen LogP contribution in [0.1, 0.15) is 49.3 Å². The SMILES string of the molecule is O=C1CC/C=C\CN(Cc2ccccc2)C(=O)[C@H]2N(CCCCCO)C(=O)[C@@H]3[C@@H](C(=O)N[C@@H](c4ccccc4)CO1)[C@@H]1O[C@@]32C=C1Br. The zero-order chi connectivity index (χ0) is 33.0. The largest absolute Gasteiger partial charge is 0.463 e. The summed E-state index contributed by atoms with van der Waals surface area (Å²) in [6.07, 6.45) is 7.21. The first-order valence-electron chi connectivity index (χ1n) is 16.3. The number of allylic oxidation sites excluding steroid dienone is 1. The van der Waals surface area contributed by atoms with Crippen LogP contribution in [-0.2, 0) is 35.2 Å². The number of hydrogen-bond acceptors (Lipinski definition) is 7. The van der Waals surface area contributed by atoms with Crippen molar-refractivity contribution >= 4 is 39.6 Å². The van der Waals surface area contributed by atoms with Gasteiger partial charge in [-0.1, -0.05) is 88.7 Å². The number of nitrogens with one attached hydrogen (secondary N) is 1. The fraction of sp³-hybridized carbons (Fsp3) is 0.444. The summed E-state index contributed by atoms with van der Waals surface area (Å²) in [5.74, 6) is -3.23. The summed E-state index contributed by atoms with van der Waals surface area (Å²) in [5.41, 5.74) is 0.333. The number of halogens is 1. The summed E-state index contributed by atoms with van der Waals surface area (Å²) < 4.78 is 12.9. The molecule has 4 aliphatic heterocycles. The van der Waals surface area contributed by atoms with Crippen LogP contribution in [0.25, 0.3) is 0 Å². The lowest BCUT2D eigenvalue weighted by atomic mass is 9.74. The van der Waals surface area contributed by atoms with Crippen molar-refractivity contribution in [2.75, 3.05) is 26.3 Å². The van der Waals surface area contributed by atoms with Crippen molar-refractivity contribution in [1.82, 2.24) is 15.1 Å². The molecule has 0 radical (unpaired) electrons. The van der Waals surface area contributed by atoms with Gasteiger partial charge in [-0.2, -0.15) is 0 Å². The Morgan fingerprint density at radius 2 is 1.68 bits per heavy atom. The van der Waals surface area contributed by atoms with Crippen molar-refractivity contribution < 1.29 is 33.8 Å². The molecule has 6 atom stereocenters. The van der Waals surface area contributed by atoms with Crippen LogP contribution in [0.3, 0.4) is 0 Å². The first kappa shape index (κ1) is 33.1. The molecule has 4 heterocycles. The second kappa shape index (κ2) is 14.5. The highest BCUT2D eigenvalue weighted by Gasteiger charge is 2.74. The number of hydrogen-bond donors (Lipinski definition) is 2. The number of esters is 1. The summed E-state index contributed by atoms with van der Waals surface area (Å²) in [4.78, 5) is 59.5. The number of ether oxygens (including phenoxy) is 2. The minimum absolute atomic E-state index is 0.0423. The second-order valence-electron chi connectivity index (χ2n) is 12.5. The van der Waals surface area contributed by atoms with E-state index in [4.69, 9.17) is 9.47 Å². The molecule has 2 aromatic carbocycles. The Balaban J connectivity index is 1.41. The van der Waals surface area contributed by atoms with Crippen molar-refractivity contribution in [2.45, 2.75) is 62.4 Å². The Hall–Kier alpha value is -3.80. The Morgan fingerprint density at radius 3 is 2.43 bits per heavy atom. The number of amides is 3. The van der Waals surface area contributed by atoms with Crippen molar-refractivity contribution in [3.05, 3.63) is 94.5 Å². The molecule has 11 heteroatoms. The highest BCUT2D eigenvalue weighted by Crippen LogP contribution is 2.58. The molecule has 0 unspecified atom stereocenters. The van der Waals surface area contributed by atoms with Gasteiger partial charge < -0.3 is 29.7 Å². The van der Waals surface area contributed by atoms with Crippen LogP contribution >= 0.6 is 15.9 Å². The van der Waals surface area contributed by atoms with E-state index in [1.165, 1.54) is 0 Å². The van der Waals surface area contributed by atoms with E-state index in [1.54, 1.807) is 9.80 Å². The van der Waals surface area contributed by atoms with Gasteiger partial charge in [-0.15, -0.1) is 0 Å². The lowest BCUT2D eigenvalue weighted by Crippen LogP contribution is -2.55. The number of carbonyl (C=O) groups excluding carboxylic acids is 4. The van der Waals surface area contributed by atoms with Crippen LogP contribution in [0.5, 0.6) is 0 Å². The van der Waals surface area contributed by atoms with Gasteiger partial charge in [-0.3, -0.25) is 19.2 Å². The van der Waals surface area contributed by atoms with Crippen LogP contribution in [0.4, 0.5) is 0 Å². The van der Waals surface area contributed by atoms with Gasteiger partial charge in [-0.05, 0) is 42.9 Å². The molecule has 6 rings (SSSR count).